The van der Waals surface area contributed by atoms with Crippen LogP contribution in [0.3, 0.4) is 0 Å². The predicted octanol–water partition coefficient (Wildman–Crippen LogP) is 3.09. The van der Waals surface area contributed by atoms with Gasteiger partial charge in [-0.25, -0.2) is 18.3 Å². The summed E-state index contributed by atoms with van der Waals surface area (Å²) in [6.07, 6.45) is 2.35. The molecule has 0 saturated heterocycles. The number of halogens is 2. The first-order valence-electron chi connectivity index (χ1n) is 7.34. The minimum absolute atomic E-state index is 0.103. The van der Waals surface area contributed by atoms with E-state index in [0.29, 0.717) is 11.4 Å². The van der Waals surface area contributed by atoms with E-state index < -0.39 is 13.0 Å². The topological polar surface area (TPSA) is 78.3 Å². The van der Waals surface area contributed by atoms with Crippen molar-refractivity contribution in [3.8, 4) is 28.7 Å². The van der Waals surface area contributed by atoms with Gasteiger partial charge in [0, 0.05) is 18.5 Å². The highest BCUT2D eigenvalue weighted by molar-refractivity contribution is 5.75. The molecule has 9 heteroatoms. The van der Waals surface area contributed by atoms with E-state index in [1.165, 1.54) is 12.3 Å². The highest BCUT2D eigenvalue weighted by Gasteiger charge is 2.15. The number of fused-ring (bicyclic) bond motifs is 1. The molecule has 0 unspecified atom stereocenters. The summed E-state index contributed by atoms with van der Waals surface area (Å²) in [5.41, 5.74) is 2.14. The van der Waals surface area contributed by atoms with Crippen LogP contribution in [0.2, 0.25) is 0 Å². The van der Waals surface area contributed by atoms with E-state index in [4.69, 9.17) is 9.26 Å². The van der Waals surface area contributed by atoms with E-state index in [1.807, 2.05) is 24.4 Å². The lowest BCUT2D eigenvalue weighted by molar-refractivity contribution is 0.0796. The summed E-state index contributed by atoms with van der Waals surface area (Å²) in [6.45, 7) is -0.703. The van der Waals surface area contributed by atoms with Crippen molar-refractivity contribution in [2.75, 3.05) is 6.61 Å². The maximum absolute atomic E-state index is 12.1. The number of hydrogen-bond donors (Lipinski definition) is 0. The maximum Gasteiger partial charge on any atom is 0.272 e. The third-order valence-corrected chi connectivity index (χ3v) is 3.43. The van der Waals surface area contributed by atoms with Crippen LogP contribution in [0.5, 0.6) is 5.88 Å². The van der Waals surface area contributed by atoms with Crippen molar-refractivity contribution in [3.05, 3.63) is 48.9 Å². The second-order valence-corrected chi connectivity index (χ2v) is 5.10. The molecule has 4 heterocycles. The summed E-state index contributed by atoms with van der Waals surface area (Å²) in [7, 11) is 0. The zero-order valence-electron chi connectivity index (χ0n) is 12.7. The van der Waals surface area contributed by atoms with Crippen molar-refractivity contribution in [1.29, 1.82) is 0 Å². The molecule has 0 aliphatic carbocycles. The molecule has 4 rings (SSSR count). The summed E-state index contributed by atoms with van der Waals surface area (Å²) < 4.78 is 36.0. The van der Waals surface area contributed by atoms with Crippen LogP contribution in [0, 0.1) is 0 Å². The second-order valence-electron chi connectivity index (χ2n) is 5.10. The van der Waals surface area contributed by atoms with Crippen LogP contribution in [0.15, 0.2) is 53.4 Å². The molecule has 0 atom stereocenters. The lowest BCUT2D eigenvalue weighted by Gasteiger charge is -2.03. The lowest BCUT2D eigenvalue weighted by Crippen LogP contribution is -2.07. The fourth-order valence-electron chi connectivity index (χ4n) is 2.30. The van der Waals surface area contributed by atoms with Gasteiger partial charge in [0.1, 0.15) is 0 Å². The minimum atomic E-state index is -2.55. The van der Waals surface area contributed by atoms with Crippen LogP contribution < -0.4 is 4.74 Å². The van der Waals surface area contributed by atoms with Gasteiger partial charge in [0.05, 0.1) is 22.8 Å². The highest BCUT2D eigenvalue weighted by atomic mass is 19.3. The van der Waals surface area contributed by atoms with Crippen molar-refractivity contribution in [2.45, 2.75) is 6.43 Å². The number of alkyl halides is 2. The molecule has 7 nitrogen and oxygen atoms in total. The molecule has 0 spiro atoms. The molecular formula is C16H11F2N5O2. The van der Waals surface area contributed by atoms with Crippen molar-refractivity contribution in [1.82, 2.24) is 24.7 Å². The second kappa shape index (κ2) is 6.27. The molecule has 4 aromatic heterocycles. The van der Waals surface area contributed by atoms with Gasteiger partial charge in [0.2, 0.25) is 11.7 Å². The van der Waals surface area contributed by atoms with Gasteiger partial charge in [-0.1, -0.05) is 11.2 Å². The molecule has 4 aromatic rings. The van der Waals surface area contributed by atoms with E-state index in [2.05, 4.69) is 20.2 Å². The van der Waals surface area contributed by atoms with E-state index in [9.17, 15) is 8.78 Å². The quantitative estimate of drug-likeness (QED) is 0.554. The number of rotatable bonds is 5. The molecule has 0 fully saturated rings. The van der Waals surface area contributed by atoms with Gasteiger partial charge in [0.15, 0.2) is 6.61 Å². The minimum Gasteiger partial charge on any atom is -0.472 e. The number of hydrogen-bond acceptors (Lipinski definition) is 6. The van der Waals surface area contributed by atoms with Crippen molar-refractivity contribution in [2.24, 2.45) is 0 Å². The molecule has 0 aromatic carbocycles. The standard InChI is InChI=1S/C16H11F2N5O2/c17-13(18)9-24-14-5-4-10(7-19-14)16-21-15(22-25-16)11-8-20-23-6-2-1-3-12(11)23/h1-8,13H,9H2. The van der Waals surface area contributed by atoms with Crippen LogP contribution >= 0.6 is 0 Å². The Morgan fingerprint density at radius 2 is 2.08 bits per heavy atom. The third kappa shape index (κ3) is 3.03. The average Bonchev–Trinajstić information content (AvgIpc) is 3.27. The Labute approximate surface area is 139 Å². The van der Waals surface area contributed by atoms with Gasteiger partial charge in [-0.3, -0.25) is 0 Å². The van der Waals surface area contributed by atoms with Gasteiger partial charge in [0.25, 0.3) is 12.3 Å². The Kier molecular flexibility index (Phi) is 3.81. The maximum atomic E-state index is 12.1. The van der Waals surface area contributed by atoms with E-state index in [1.54, 1.807) is 16.8 Å². The van der Waals surface area contributed by atoms with Gasteiger partial charge in [-0.2, -0.15) is 10.1 Å². The van der Waals surface area contributed by atoms with Gasteiger partial charge in [-0.05, 0) is 18.2 Å². The molecular weight excluding hydrogens is 332 g/mol. The molecule has 126 valence electrons. The van der Waals surface area contributed by atoms with Crippen molar-refractivity contribution >= 4 is 5.52 Å². The summed E-state index contributed by atoms with van der Waals surface area (Å²) in [5.74, 6) is 0.763. The Balaban J connectivity index is 1.59. The van der Waals surface area contributed by atoms with E-state index in [-0.39, 0.29) is 11.8 Å². The summed E-state index contributed by atoms with van der Waals surface area (Å²) in [4.78, 5) is 8.29. The first kappa shape index (κ1) is 15.2. The molecule has 0 aliphatic heterocycles. The Bertz CT molecular complexity index is 997. The molecule has 0 radical (unpaired) electrons. The van der Waals surface area contributed by atoms with Crippen LogP contribution in [-0.4, -0.2) is 37.8 Å². The molecule has 0 saturated carbocycles. The lowest BCUT2D eigenvalue weighted by atomic mass is 10.2. The van der Waals surface area contributed by atoms with E-state index in [0.717, 1.165) is 11.1 Å². The predicted molar refractivity (Wildman–Crippen MR) is 83.2 cm³/mol. The Morgan fingerprint density at radius 1 is 1.16 bits per heavy atom. The van der Waals surface area contributed by atoms with Gasteiger partial charge >= 0.3 is 0 Å². The van der Waals surface area contributed by atoms with Crippen LogP contribution in [0.25, 0.3) is 28.4 Å². The fourth-order valence-corrected chi connectivity index (χ4v) is 2.30. The smallest absolute Gasteiger partial charge is 0.272 e. The fraction of sp³-hybridized carbons (Fsp3) is 0.125. The number of pyridine rings is 2. The largest absolute Gasteiger partial charge is 0.472 e. The average molecular weight is 343 g/mol. The summed E-state index contributed by atoms with van der Waals surface area (Å²) in [6, 6.07) is 8.74. The molecule has 25 heavy (non-hydrogen) atoms. The van der Waals surface area contributed by atoms with Crippen LogP contribution in [0.4, 0.5) is 8.78 Å². The number of ether oxygens (including phenoxy) is 1. The Hall–Kier alpha value is -3.36. The summed E-state index contributed by atoms with van der Waals surface area (Å²) in [5, 5.41) is 8.20. The zero-order valence-corrected chi connectivity index (χ0v) is 12.7. The molecule has 0 aliphatic rings. The van der Waals surface area contributed by atoms with Gasteiger partial charge < -0.3 is 9.26 Å². The number of nitrogens with zero attached hydrogens (tertiary/aromatic N) is 5. The number of aromatic nitrogens is 5. The SMILES string of the molecule is FC(F)COc1ccc(-c2nc(-c3cnn4ccccc34)no2)cn1. The molecule has 0 bridgehead atoms. The van der Waals surface area contributed by atoms with E-state index >= 15 is 0 Å². The zero-order chi connectivity index (χ0) is 17.2. The van der Waals surface area contributed by atoms with Gasteiger partial charge in [-0.15, -0.1) is 0 Å². The highest BCUT2D eigenvalue weighted by Crippen LogP contribution is 2.25. The normalized spacial score (nSPS) is 11.3. The van der Waals surface area contributed by atoms with Crippen LogP contribution in [-0.2, 0) is 0 Å². The molecule has 0 amide bonds. The van der Waals surface area contributed by atoms with Crippen LogP contribution in [0.1, 0.15) is 0 Å². The van der Waals surface area contributed by atoms with Crippen molar-refractivity contribution < 1.29 is 18.0 Å². The molecule has 0 N–H and O–H groups in total. The third-order valence-electron chi connectivity index (χ3n) is 3.43. The van der Waals surface area contributed by atoms with Crippen molar-refractivity contribution in [3.63, 3.8) is 0 Å². The monoisotopic (exact) mass is 343 g/mol. The first-order chi connectivity index (χ1) is 12.2. The Morgan fingerprint density at radius 3 is 2.88 bits per heavy atom. The summed E-state index contributed by atoms with van der Waals surface area (Å²) >= 11 is 0. The first-order valence-corrected chi connectivity index (χ1v) is 7.34.